The summed E-state index contributed by atoms with van der Waals surface area (Å²) in [5.41, 5.74) is 0. The summed E-state index contributed by atoms with van der Waals surface area (Å²) in [6.45, 7) is 43.3. The van der Waals surface area contributed by atoms with Crippen LogP contribution in [0.2, 0.25) is 130 Å². The van der Waals surface area contributed by atoms with Gasteiger partial charge in [0.05, 0.1) is 25.4 Å². The molecule has 0 aromatic heterocycles. The normalized spacial score (nSPS) is 15.4. The van der Waals surface area contributed by atoms with Crippen molar-refractivity contribution < 1.29 is 49.2 Å². The van der Waals surface area contributed by atoms with Crippen LogP contribution in [0.15, 0.2) is 12.7 Å². The number of rotatable bonds is 29. The van der Waals surface area contributed by atoms with Gasteiger partial charge in [0.25, 0.3) is 0 Å². The maximum atomic E-state index is 12.7. The van der Waals surface area contributed by atoms with Crippen LogP contribution in [0.4, 0.5) is 0 Å². The minimum absolute atomic E-state index is 0.0129. The van der Waals surface area contributed by atoms with Gasteiger partial charge in [-0.25, -0.2) is 0 Å². The first-order chi connectivity index (χ1) is 23.6. The minimum Gasteiger partial charge on any atom is -0.417 e. The van der Waals surface area contributed by atoms with E-state index >= 15 is 0 Å². The van der Waals surface area contributed by atoms with E-state index in [-0.39, 0.29) is 32.2 Å². The zero-order chi connectivity index (χ0) is 41.7. The molecule has 0 aliphatic heterocycles. The van der Waals surface area contributed by atoms with Crippen LogP contribution in [0.5, 0.6) is 0 Å². The number of hydrogen-bond acceptors (Lipinski definition) is 11. The number of nitrogens with zero attached hydrogens (tertiary/aromatic N) is 1. The Kier molecular flexibility index (Phi) is 22.3. The van der Waals surface area contributed by atoms with E-state index in [4.69, 9.17) is 34.2 Å². The highest BCUT2D eigenvalue weighted by Crippen LogP contribution is 2.31. The van der Waals surface area contributed by atoms with Gasteiger partial charge in [0.15, 0.2) is 49.9 Å². The highest BCUT2D eigenvalue weighted by Gasteiger charge is 2.51. The number of aliphatic hydroxyl groups excluding tert-OH is 2. The molecule has 0 rings (SSSR count). The van der Waals surface area contributed by atoms with Gasteiger partial charge in [-0.3, -0.25) is 4.79 Å². The lowest BCUT2D eigenvalue weighted by Gasteiger charge is -2.43. The van der Waals surface area contributed by atoms with E-state index in [0.717, 1.165) is 0 Å². The zero-order valence-electron chi connectivity index (χ0n) is 37.0. The fourth-order valence-corrected chi connectivity index (χ4v) is 34.7. The van der Waals surface area contributed by atoms with E-state index < -0.39 is 79.7 Å². The van der Waals surface area contributed by atoms with Crippen molar-refractivity contribution in [3.05, 3.63) is 12.7 Å². The van der Waals surface area contributed by atoms with Crippen molar-refractivity contribution in [2.45, 2.75) is 155 Å². The Morgan fingerprint density at radius 1 is 0.528 bits per heavy atom. The maximum absolute atomic E-state index is 12.7. The van der Waals surface area contributed by atoms with Crippen LogP contribution in [0.25, 0.3) is 0 Å². The molecule has 2 unspecified atom stereocenters. The highest BCUT2D eigenvalue weighted by atomic mass is 28.5. The lowest BCUT2D eigenvalue weighted by Crippen LogP contribution is -2.60. The summed E-state index contributed by atoms with van der Waals surface area (Å²) in [5, 5.41) is 21.6. The molecule has 0 aromatic carbocycles. The number of carbonyl (C=O) groups excluding carboxylic acids is 1. The van der Waals surface area contributed by atoms with E-state index in [0.29, 0.717) is 38.1 Å². The number of ether oxygens (including phenoxy) is 2. The van der Waals surface area contributed by atoms with Gasteiger partial charge in [-0.15, -0.1) is 0 Å². The quantitative estimate of drug-likeness (QED) is 0.0439. The smallest absolute Gasteiger partial charge is 0.417 e. The van der Waals surface area contributed by atoms with Crippen molar-refractivity contribution in [3.63, 3.8) is 0 Å². The molecule has 2 N–H and O–H groups in total. The number of carbonyl (C=O) groups is 1. The van der Waals surface area contributed by atoms with Gasteiger partial charge in [0.1, 0.15) is 0 Å². The lowest BCUT2D eigenvalue weighted by molar-refractivity contribution is -0.130. The van der Waals surface area contributed by atoms with Gasteiger partial charge in [-0.1, -0.05) is 6.58 Å². The summed E-state index contributed by atoms with van der Waals surface area (Å²) in [7, 11) is -17.8. The van der Waals surface area contributed by atoms with Crippen molar-refractivity contribution in [1.82, 2.24) is 4.90 Å². The number of hydrogen-bond donors (Lipinski definition) is 2. The molecule has 0 aromatic rings. The standard InChI is InChI=1S/C33H81NO11Si8/c1-20-33(37)34(27-31(35)29-38-23-21-25-52(40-46(2,3)4,41-47(5,6)7)42-48(8,9)10)28-32(36)30-39-24-22-26-53(43-49(11,12)13,44-50(14,15)16)45-51(17,18)19/h20,31-32,35-36H,1,21-30H2,2-19H3. The molecule has 53 heavy (non-hydrogen) atoms. The second kappa shape index (κ2) is 22.1. The summed E-state index contributed by atoms with van der Waals surface area (Å²) in [6.07, 6.45) is 0.593. The van der Waals surface area contributed by atoms with E-state index in [9.17, 15) is 15.0 Å². The zero-order valence-corrected chi connectivity index (χ0v) is 45.0. The molecule has 316 valence electrons. The summed E-state index contributed by atoms with van der Waals surface area (Å²) in [5.74, 6) is -0.388. The topological polar surface area (TPSA) is 135 Å². The molecule has 0 aliphatic rings. The number of aliphatic hydroxyl groups is 2. The van der Waals surface area contributed by atoms with E-state index in [1.54, 1.807) is 0 Å². The first-order valence-electron chi connectivity index (χ1n) is 19.2. The van der Waals surface area contributed by atoms with Gasteiger partial charge >= 0.3 is 17.6 Å². The molecule has 0 radical (unpaired) electrons. The maximum Gasteiger partial charge on any atom is 0.469 e. The summed E-state index contributed by atoms with van der Waals surface area (Å²) in [4.78, 5) is 14.1. The fraction of sp³-hybridized carbons (Fsp3) is 0.909. The molecule has 0 saturated carbocycles. The summed E-state index contributed by atoms with van der Waals surface area (Å²) >= 11 is 0. The molecule has 12 nitrogen and oxygen atoms in total. The second-order valence-corrected chi connectivity index (χ2v) is 53.7. The van der Waals surface area contributed by atoms with Crippen molar-refractivity contribution in [2.24, 2.45) is 0 Å². The summed E-state index contributed by atoms with van der Waals surface area (Å²) < 4.78 is 52.2. The first-order valence-corrected chi connectivity index (χ1v) is 43.5. The van der Waals surface area contributed by atoms with Gasteiger partial charge in [0, 0.05) is 38.4 Å². The average molecular weight is 893 g/mol. The SMILES string of the molecule is C=CC(=O)N(CC(O)COCCC[Si](O[Si](C)(C)C)(O[Si](C)(C)C)O[Si](C)(C)C)CC(O)COCCC[Si](O[Si](C)(C)C)(O[Si](C)(C)C)O[Si](C)(C)C. The van der Waals surface area contributed by atoms with Crippen molar-refractivity contribution in [3.8, 4) is 0 Å². The van der Waals surface area contributed by atoms with E-state index in [2.05, 4.69) is 124 Å². The van der Waals surface area contributed by atoms with Crippen LogP contribution in [-0.2, 0) is 39.0 Å². The molecule has 0 saturated heterocycles. The first kappa shape index (κ1) is 53.5. The Hall–Kier alpha value is 0.545. The summed E-state index contributed by atoms with van der Waals surface area (Å²) in [6, 6.07) is 1.28. The van der Waals surface area contributed by atoms with Crippen molar-refractivity contribution in [1.29, 1.82) is 0 Å². The predicted molar refractivity (Wildman–Crippen MR) is 237 cm³/mol. The Labute approximate surface area is 333 Å². The van der Waals surface area contributed by atoms with Crippen LogP contribution in [0.1, 0.15) is 12.8 Å². The Balaban J connectivity index is 5.25. The molecule has 20 heteroatoms. The van der Waals surface area contributed by atoms with Gasteiger partial charge in [-0.2, -0.15) is 0 Å². The van der Waals surface area contributed by atoms with Crippen molar-refractivity contribution in [2.75, 3.05) is 39.5 Å². The third-order valence-corrected chi connectivity index (χ3v) is 30.4. The third-order valence-electron chi connectivity index (χ3n) is 6.28. The fourth-order valence-electron chi connectivity index (χ4n) is 5.45. The second-order valence-electron chi connectivity index (χ2n) is 19.8. The Bertz CT molecular complexity index is 926. The van der Waals surface area contributed by atoms with Crippen LogP contribution in [0, 0.1) is 0 Å². The predicted octanol–water partition coefficient (Wildman–Crippen LogP) is 7.52. The van der Waals surface area contributed by atoms with Crippen LogP contribution in [-0.4, -0.2) is 140 Å². The average Bonchev–Trinajstić information content (AvgIpc) is 2.85. The third kappa shape index (κ3) is 28.6. The Morgan fingerprint density at radius 3 is 0.981 bits per heavy atom. The Morgan fingerprint density at radius 2 is 0.774 bits per heavy atom. The lowest BCUT2D eigenvalue weighted by atomic mass is 10.2. The molecule has 0 spiro atoms. The highest BCUT2D eigenvalue weighted by molar-refractivity contribution is 6.91. The van der Waals surface area contributed by atoms with Gasteiger partial charge in [0.2, 0.25) is 5.91 Å². The minimum atomic E-state index is -2.97. The van der Waals surface area contributed by atoms with Gasteiger partial charge < -0.3 is 49.3 Å². The van der Waals surface area contributed by atoms with E-state index in [1.165, 1.54) is 11.0 Å². The van der Waals surface area contributed by atoms with Crippen LogP contribution in [0.3, 0.4) is 0 Å². The molecular formula is C33H81NO11Si8. The van der Waals surface area contributed by atoms with Crippen LogP contribution < -0.4 is 0 Å². The molecular weight excluding hydrogens is 811 g/mol. The van der Waals surface area contributed by atoms with Gasteiger partial charge in [-0.05, 0) is 137 Å². The molecule has 0 bridgehead atoms. The molecule has 1 amide bonds. The van der Waals surface area contributed by atoms with E-state index in [1.807, 2.05) is 0 Å². The van der Waals surface area contributed by atoms with Crippen LogP contribution >= 0.6 is 0 Å². The van der Waals surface area contributed by atoms with Crippen molar-refractivity contribution >= 4 is 73.4 Å². The largest absolute Gasteiger partial charge is 0.469 e. The monoisotopic (exact) mass is 891 g/mol. The molecule has 0 aliphatic carbocycles. The molecule has 2 atom stereocenters. The molecule has 0 heterocycles. The number of amides is 1. The molecule has 0 fully saturated rings.